The highest BCUT2D eigenvalue weighted by molar-refractivity contribution is 5.74. The molecule has 2 rings (SSSR count). The van der Waals surface area contributed by atoms with Crippen molar-refractivity contribution in [1.29, 1.82) is 0 Å². The molecule has 1 N–H and O–H groups in total. The minimum absolute atomic E-state index is 0.570. The quantitative estimate of drug-likeness (QED) is 0.867. The van der Waals surface area contributed by atoms with E-state index in [1.165, 1.54) is 5.56 Å². The van der Waals surface area contributed by atoms with Crippen molar-refractivity contribution in [3.8, 4) is 5.75 Å². The summed E-state index contributed by atoms with van der Waals surface area (Å²) in [5.74, 6) is -0.421. The van der Waals surface area contributed by atoms with Gasteiger partial charge in [-0.25, -0.2) is 4.79 Å². The molecule has 0 aliphatic carbocycles. The van der Waals surface area contributed by atoms with Gasteiger partial charge in [0.15, 0.2) is 0 Å². The summed E-state index contributed by atoms with van der Waals surface area (Å²) in [6.07, 6.45) is 1.12. The average molecular weight is 270 g/mol. The summed E-state index contributed by atoms with van der Waals surface area (Å²) < 4.78 is 5.60. The van der Waals surface area contributed by atoms with E-state index in [1.54, 1.807) is 24.3 Å². The minimum atomic E-state index is -0.992. The molecule has 20 heavy (non-hydrogen) atoms. The summed E-state index contributed by atoms with van der Waals surface area (Å²) in [4.78, 5) is 11.3. The molecule has 2 aromatic carbocycles. The van der Waals surface area contributed by atoms with Gasteiger partial charge in [-0.15, -0.1) is 0 Å². The summed E-state index contributed by atoms with van der Waals surface area (Å²) in [5, 5.41) is 9.30. The number of ether oxygens (including phenoxy) is 1. The fourth-order valence-electron chi connectivity index (χ4n) is 2.05. The van der Waals surface area contributed by atoms with Crippen LogP contribution in [0.2, 0.25) is 0 Å². The number of carbonyl (C=O) groups is 1. The standard InChI is InChI=1S/C17H18O3/c1-2-6-13-9-11-15(12-10-13)20-16(17(18)19)14-7-4-3-5-8-14/h3-5,7-12,16H,2,6H2,1H3,(H,18,19). The van der Waals surface area contributed by atoms with Gasteiger partial charge < -0.3 is 9.84 Å². The topological polar surface area (TPSA) is 46.5 Å². The first kappa shape index (κ1) is 14.1. The molecule has 0 saturated heterocycles. The van der Waals surface area contributed by atoms with Gasteiger partial charge in [0.1, 0.15) is 5.75 Å². The van der Waals surface area contributed by atoms with Crippen molar-refractivity contribution < 1.29 is 14.6 Å². The molecule has 0 aromatic heterocycles. The Kier molecular flexibility index (Phi) is 4.77. The first-order valence-corrected chi connectivity index (χ1v) is 6.74. The van der Waals surface area contributed by atoms with Gasteiger partial charge in [0.05, 0.1) is 0 Å². The normalized spacial score (nSPS) is 11.8. The average Bonchev–Trinajstić information content (AvgIpc) is 2.47. The van der Waals surface area contributed by atoms with Gasteiger partial charge in [-0.05, 0) is 24.1 Å². The zero-order chi connectivity index (χ0) is 14.4. The molecular weight excluding hydrogens is 252 g/mol. The lowest BCUT2D eigenvalue weighted by molar-refractivity contribution is -0.145. The highest BCUT2D eigenvalue weighted by atomic mass is 16.5. The smallest absolute Gasteiger partial charge is 0.349 e. The van der Waals surface area contributed by atoms with Gasteiger partial charge in [0.2, 0.25) is 6.10 Å². The highest BCUT2D eigenvalue weighted by Gasteiger charge is 2.21. The van der Waals surface area contributed by atoms with Crippen LogP contribution in [0, 0.1) is 0 Å². The van der Waals surface area contributed by atoms with E-state index in [1.807, 2.05) is 30.3 Å². The van der Waals surface area contributed by atoms with Crippen LogP contribution in [0.25, 0.3) is 0 Å². The first-order valence-electron chi connectivity index (χ1n) is 6.74. The van der Waals surface area contributed by atoms with Crippen LogP contribution >= 0.6 is 0 Å². The fraction of sp³-hybridized carbons (Fsp3) is 0.235. The van der Waals surface area contributed by atoms with Crippen molar-refractivity contribution in [3.63, 3.8) is 0 Å². The van der Waals surface area contributed by atoms with E-state index < -0.39 is 12.1 Å². The summed E-state index contributed by atoms with van der Waals surface area (Å²) in [5.41, 5.74) is 1.86. The Morgan fingerprint density at radius 3 is 2.30 bits per heavy atom. The number of aliphatic carboxylic acids is 1. The molecule has 0 saturated carbocycles. The lowest BCUT2D eigenvalue weighted by Gasteiger charge is -2.15. The van der Waals surface area contributed by atoms with E-state index in [-0.39, 0.29) is 0 Å². The molecule has 1 atom stereocenters. The van der Waals surface area contributed by atoms with Crippen LogP contribution in [-0.4, -0.2) is 11.1 Å². The Morgan fingerprint density at radius 1 is 1.10 bits per heavy atom. The predicted octanol–water partition coefficient (Wildman–Crippen LogP) is 3.84. The van der Waals surface area contributed by atoms with Crippen LogP contribution in [-0.2, 0) is 11.2 Å². The molecule has 0 spiro atoms. The number of carboxylic acid groups (broad SMARTS) is 1. The zero-order valence-electron chi connectivity index (χ0n) is 11.5. The lowest BCUT2D eigenvalue weighted by Crippen LogP contribution is -2.18. The van der Waals surface area contributed by atoms with E-state index in [0.29, 0.717) is 11.3 Å². The van der Waals surface area contributed by atoms with Crippen LogP contribution < -0.4 is 4.74 Å². The Labute approximate surface area is 118 Å². The van der Waals surface area contributed by atoms with Crippen molar-refractivity contribution in [1.82, 2.24) is 0 Å². The summed E-state index contributed by atoms with van der Waals surface area (Å²) in [6.45, 7) is 2.13. The minimum Gasteiger partial charge on any atom is -0.478 e. The Balaban J connectivity index is 2.14. The Morgan fingerprint density at radius 2 is 1.75 bits per heavy atom. The largest absolute Gasteiger partial charge is 0.478 e. The zero-order valence-corrected chi connectivity index (χ0v) is 11.5. The van der Waals surface area contributed by atoms with Gasteiger partial charge >= 0.3 is 5.97 Å². The van der Waals surface area contributed by atoms with Gasteiger partial charge in [-0.2, -0.15) is 0 Å². The molecule has 3 heteroatoms. The van der Waals surface area contributed by atoms with Crippen molar-refractivity contribution in [2.75, 3.05) is 0 Å². The molecule has 2 aromatic rings. The molecule has 0 amide bonds. The second kappa shape index (κ2) is 6.75. The summed E-state index contributed by atoms with van der Waals surface area (Å²) >= 11 is 0. The third-order valence-electron chi connectivity index (χ3n) is 3.04. The van der Waals surface area contributed by atoms with Crippen molar-refractivity contribution in [2.45, 2.75) is 25.9 Å². The fourth-order valence-corrected chi connectivity index (χ4v) is 2.05. The van der Waals surface area contributed by atoms with E-state index in [2.05, 4.69) is 6.92 Å². The second-order valence-corrected chi connectivity index (χ2v) is 4.64. The number of hydrogen-bond acceptors (Lipinski definition) is 2. The number of benzene rings is 2. The molecular formula is C17H18O3. The molecule has 1 unspecified atom stereocenters. The van der Waals surface area contributed by atoms with Crippen LogP contribution in [0.5, 0.6) is 5.75 Å². The molecule has 3 nitrogen and oxygen atoms in total. The maximum absolute atomic E-state index is 11.3. The SMILES string of the molecule is CCCc1ccc(OC(C(=O)O)c2ccccc2)cc1. The lowest BCUT2D eigenvalue weighted by atomic mass is 10.1. The monoisotopic (exact) mass is 270 g/mol. The van der Waals surface area contributed by atoms with Crippen LogP contribution in [0.3, 0.4) is 0 Å². The molecule has 0 fully saturated rings. The van der Waals surface area contributed by atoms with Crippen molar-refractivity contribution in [2.24, 2.45) is 0 Å². The molecule has 0 aliphatic heterocycles. The third kappa shape index (κ3) is 3.60. The third-order valence-corrected chi connectivity index (χ3v) is 3.04. The highest BCUT2D eigenvalue weighted by Crippen LogP contribution is 2.23. The summed E-state index contributed by atoms with van der Waals surface area (Å²) in [6, 6.07) is 16.6. The van der Waals surface area contributed by atoms with Crippen LogP contribution in [0.1, 0.15) is 30.6 Å². The van der Waals surface area contributed by atoms with Gasteiger partial charge in [0, 0.05) is 5.56 Å². The van der Waals surface area contributed by atoms with E-state index in [9.17, 15) is 9.90 Å². The van der Waals surface area contributed by atoms with Crippen molar-refractivity contribution in [3.05, 3.63) is 65.7 Å². The van der Waals surface area contributed by atoms with E-state index >= 15 is 0 Å². The molecule has 0 bridgehead atoms. The Bertz CT molecular complexity index is 546. The summed E-state index contributed by atoms with van der Waals surface area (Å²) in [7, 11) is 0. The number of aryl methyl sites for hydroxylation is 1. The molecule has 0 heterocycles. The Hall–Kier alpha value is -2.29. The second-order valence-electron chi connectivity index (χ2n) is 4.64. The molecule has 104 valence electrons. The van der Waals surface area contributed by atoms with Gasteiger partial charge in [-0.3, -0.25) is 0 Å². The van der Waals surface area contributed by atoms with Gasteiger partial charge in [0.25, 0.3) is 0 Å². The number of hydrogen-bond donors (Lipinski definition) is 1. The first-order chi connectivity index (χ1) is 9.70. The van der Waals surface area contributed by atoms with E-state index in [4.69, 9.17) is 4.74 Å². The van der Waals surface area contributed by atoms with Gasteiger partial charge in [-0.1, -0.05) is 55.8 Å². The predicted molar refractivity (Wildman–Crippen MR) is 77.9 cm³/mol. The van der Waals surface area contributed by atoms with Crippen LogP contribution in [0.4, 0.5) is 0 Å². The number of carboxylic acids is 1. The van der Waals surface area contributed by atoms with Crippen molar-refractivity contribution >= 4 is 5.97 Å². The maximum atomic E-state index is 11.3. The molecule has 0 aliphatic rings. The number of rotatable bonds is 6. The molecule has 0 radical (unpaired) electrons. The van der Waals surface area contributed by atoms with E-state index in [0.717, 1.165) is 12.8 Å². The van der Waals surface area contributed by atoms with Crippen LogP contribution in [0.15, 0.2) is 54.6 Å². The maximum Gasteiger partial charge on any atom is 0.349 e.